The first-order valence-electron chi connectivity index (χ1n) is 10.6. The molecular formula is C24H25FN2O2. The summed E-state index contributed by atoms with van der Waals surface area (Å²) in [5, 5.41) is 0. The number of oxazole rings is 1. The van der Waals surface area contributed by atoms with E-state index in [2.05, 4.69) is 4.98 Å². The standard InChI is InChI=1S/C24H25FN2O2/c25-19-9-5-8-18(15-19)24(12-3-4-13-24)23(28)27-14-6-7-17(16-27)22-26-20-10-1-2-11-21(20)29-22/h1-2,5,8-11,15,17H,3-4,6-7,12-14,16H2. The van der Waals surface area contributed by atoms with Crippen molar-refractivity contribution in [2.75, 3.05) is 13.1 Å². The second-order valence-electron chi connectivity index (χ2n) is 8.41. The van der Waals surface area contributed by atoms with Gasteiger partial charge in [-0.2, -0.15) is 0 Å². The van der Waals surface area contributed by atoms with E-state index in [4.69, 9.17) is 4.42 Å². The minimum atomic E-state index is -0.592. The molecule has 5 rings (SSSR count). The predicted molar refractivity (Wildman–Crippen MR) is 109 cm³/mol. The van der Waals surface area contributed by atoms with E-state index in [0.29, 0.717) is 6.54 Å². The maximum absolute atomic E-state index is 13.9. The van der Waals surface area contributed by atoms with E-state index in [9.17, 15) is 9.18 Å². The van der Waals surface area contributed by atoms with Crippen LogP contribution in [-0.2, 0) is 10.2 Å². The molecule has 5 heteroatoms. The Bertz CT molecular complexity index is 1010. The van der Waals surface area contributed by atoms with Gasteiger partial charge in [0.05, 0.1) is 11.3 Å². The van der Waals surface area contributed by atoms with Crippen molar-refractivity contribution in [2.45, 2.75) is 49.9 Å². The smallest absolute Gasteiger partial charge is 0.233 e. The van der Waals surface area contributed by atoms with E-state index >= 15 is 0 Å². The molecule has 1 atom stereocenters. The molecule has 1 aliphatic heterocycles. The summed E-state index contributed by atoms with van der Waals surface area (Å²) in [6, 6.07) is 14.4. The average Bonchev–Trinajstić information content (AvgIpc) is 3.41. The number of aromatic nitrogens is 1. The third-order valence-corrected chi connectivity index (χ3v) is 6.61. The van der Waals surface area contributed by atoms with Crippen molar-refractivity contribution < 1.29 is 13.6 Å². The number of fused-ring (bicyclic) bond motifs is 1. The summed E-state index contributed by atoms with van der Waals surface area (Å²) >= 11 is 0. The Labute approximate surface area is 169 Å². The van der Waals surface area contributed by atoms with Crippen molar-refractivity contribution >= 4 is 17.0 Å². The van der Waals surface area contributed by atoms with Crippen LogP contribution in [0.4, 0.5) is 4.39 Å². The average molecular weight is 392 g/mol. The minimum absolute atomic E-state index is 0.103. The van der Waals surface area contributed by atoms with E-state index in [1.54, 1.807) is 12.1 Å². The summed E-state index contributed by atoms with van der Waals surface area (Å²) in [6.07, 6.45) is 5.48. The number of piperidine rings is 1. The van der Waals surface area contributed by atoms with Crippen molar-refractivity contribution in [3.63, 3.8) is 0 Å². The Morgan fingerprint density at radius 1 is 1.10 bits per heavy atom. The zero-order valence-electron chi connectivity index (χ0n) is 16.4. The van der Waals surface area contributed by atoms with Crippen LogP contribution in [0.15, 0.2) is 52.9 Å². The van der Waals surface area contributed by atoms with Gasteiger partial charge in [-0.1, -0.05) is 37.1 Å². The van der Waals surface area contributed by atoms with Crippen LogP contribution in [0.2, 0.25) is 0 Å². The molecule has 2 aliphatic rings. The van der Waals surface area contributed by atoms with Crippen LogP contribution >= 0.6 is 0 Å². The van der Waals surface area contributed by atoms with Crippen LogP contribution in [0.25, 0.3) is 11.1 Å². The molecule has 0 radical (unpaired) electrons. The number of nitrogens with zero attached hydrogens (tertiary/aromatic N) is 2. The zero-order chi connectivity index (χ0) is 19.8. The second kappa shape index (κ2) is 7.29. The van der Waals surface area contributed by atoms with Gasteiger partial charge < -0.3 is 9.32 Å². The summed E-state index contributed by atoms with van der Waals surface area (Å²) in [4.78, 5) is 20.4. The lowest BCUT2D eigenvalue weighted by Gasteiger charge is -2.38. The van der Waals surface area contributed by atoms with Gasteiger partial charge in [0, 0.05) is 13.1 Å². The van der Waals surface area contributed by atoms with Crippen LogP contribution in [0, 0.1) is 5.82 Å². The fourth-order valence-corrected chi connectivity index (χ4v) is 5.12. The number of para-hydroxylation sites is 2. The zero-order valence-corrected chi connectivity index (χ0v) is 16.4. The molecule has 0 N–H and O–H groups in total. The van der Waals surface area contributed by atoms with Crippen molar-refractivity contribution in [1.82, 2.24) is 9.88 Å². The molecule has 29 heavy (non-hydrogen) atoms. The quantitative estimate of drug-likeness (QED) is 0.617. The normalized spacial score (nSPS) is 21.6. The predicted octanol–water partition coefficient (Wildman–Crippen LogP) is 5.18. The lowest BCUT2D eigenvalue weighted by atomic mass is 9.77. The number of likely N-dealkylation sites (tertiary alicyclic amines) is 1. The van der Waals surface area contributed by atoms with Gasteiger partial charge in [-0.25, -0.2) is 9.37 Å². The van der Waals surface area contributed by atoms with Gasteiger partial charge in [0.25, 0.3) is 0 Å². The highest BCUT2D eigenvalue weighted by molar-refractivity contribution is 5.89. The Balaban J connectivity index is 1.42. The van der Waals surface area contributed by atoms with Crippen molar-refractivity contribution in [3.8, 4) is 0 Å². The number of carbonyl (C=O) groups excluding carboxylic acids is 1. The fraction of sp³-hybridized carbons (Fsp3) is 0.417. The number of hydrogen-bond acceptors (Lipinski definition) is 3. The molecule has 2 fully saturated rings. The largest absolute Gasteiger partial charge is 0.440 e. The molecule has 1 saturated heterocycles. The first-order valence-corrected chi connectivity index (χ1v) is 10.6. The van der Waals surface area contributed by atoms with Crippen LogP contribution in [0.3, 0.4) is 0 Å². The van der Waals surface area contributed by atoms with Crippen LogP contribution < -0.4 is 0 Å². The first-order chi connectivity index (χ1) is 14.2. The Morgan fingerprint density at radius 2 is 1.93 bits per heavy atom. The SMILES string of the molecule is O=C(N1CCCC(c2nc3ccccc3o2)C1)C1(c2cccc(F)c2)CCCC1. The Kier molecular flexibility index (Phi) is 4.61. The molecule has 1 aromatic heterocycles. The summed E-state index contributed by atoms with van der Waals surface area (Å²) in [5.41, 5.74) is 1.88. The van der Waals surface area contributed by atoms with Crippen molar-refractivity contribution in [1.29, 1.82) is 0 Å². The number of benzene rings is 2. The van der Waals surface area contributed by atoms with E-state index in [1.807, 2.05) is 35.2 Å². The summed E-state index contributed by atoms with van der Waals surface area (Å²) in [7, 11) is 0. The lowest BCUT2D eigenvalue weighted by Crippen LogP contribution is -2.49. The second-order valence-corrected chi connectivity index (χ2v) is 8.41. The third kappa shape index (κ3) is 3.22. The monoisotopic (exact) mass is 392 g/mol. The van der Waals surface area contributed by atoms with Crippen LogP contribution in [-0.4, -0.2) is 28.9 Å². The van der Waals surface area contributed by atoms with Gasteiger partial charge in [0.1, 0.15) is 11.3 Å². The Morgan fingerprint density at radius 3 is 2.72 bits per heavy atom. The highest BCUT2D eigenvalue weighted by Crippen LogP contribution is 2.44. The van der Waals surface area contributed by atoms with Gasteiger partial charge >= 0.3 is 0 Å². The van der Waals surface area contributed by atoms with Crippen molar-refractivity contribution in [3.05, 3.63) is 65.8 Å². The maximum atomic E-state index is 13.9. The van der Waals surface area contributed by atoms with Gasteiger partial charge in [-0.3, -0.25) is 4.79 Å². The molecule has 150 valence electrons. The molecule has 4 nitrogen and oxygen atoms in total. The molecule has 0 bridgehead atoms. The minimum Gasteiger partial charge on any atom is -0.440 e. The number of carbonyl (C=O) groups is 1. The van der Waals surface area contributed by atoms with E-state index < -0.39 is 5.41 Å². The maximum Gasteiger partial charge on any atom is 0.233 e. The summed E-state index contributed by atoms with van der Waals surface area (Å²) in [6.45, 7) is 1.36. The molecule has 2 heterocycles. The molecule has 2 aromatic carbocycles. The van der Waals surface area contributed by atoms with Crippen LogP contribution in [0.1, 0.15) is 55.9 Å². The fourth-order valence-electron chi connectivity index (χ4n) is 5.12. The number of amides is 1. The van der Waals surface area contributed by atoms with Gasteiger partial charge in [0.15, 0.2) is 11.5 Å². The molecule has 0 spiro atoms. The first kappa shape index (κ1) is 18.3. The Hall–Kier alpha value is -2.69. The lowest BCUT2D eigenvalue weighted by molar-refractivity contribution is -0.138. The topological polar surface area (TPSA) is 46.3 Å². The van der Waals surface area contributed by atoms with E-state index in [-0.39, 0.29) is 17.6 Å². The van der Waals surface area contributed by atoms with E-state index in [0.717, 1.165) is 67.6 Å². The molecule has 3 aromatic rings. The van der Waals surface area contributed by atoms with Crippen LogP contribution in [0.5, 0.6) is 0 Å². The molecule has 1 amide bonds. The van der Waals surface area contributed by atoms with Crippen molar-refractivity contribution in [2.24, 2.45) is 0 Å². The molecular weight excluding hydrogens is 367 g/mol. The van der Waals surface area contributed by atoms with Gasteiger partial charge in [0.2, 0.25) is 5.91 Å². The number of halogens is 1. The number of hydrogen-bond donors (Lipinski definition) is 0. The highest BCUT2D eigenvalue weighted by Gasteiger charge is 2.46. The summed E-state index contributed by atoms with van der Waals surface area (Å²) < 4.78 is 19.9. The molecule has 1 saturated carbocycles. The summed E-state index contributed by atoms with van der Waals surface area (Å²) in [5.74, 6) is 0.687. The van der Waals surface area contributed by atoms with E-state index in [1.165, 1.54) is 6.07 Å². The van der Waals surface area contributed by atoms with Gasteiger partial charge in [-0.15, -0.1) is 0 Å². The molecule has 1 aliphatic carbocycles. The third-order valence-electron chi connectivity index (χ3n) is 6.61. The van der Waals surface area contributed by atoms with Gasteiger partial charge in [-0.05, 0) is 55.5 Å². The number of rotatable bonds is 3. The molecule has 1 unspecified atom stereocenters. The highest BCUT2D eigenvalue weighted by atomic mass is 19.1.